The Kier molecular flexibility index (Phi) is 4.59. The van der Waals surface area contributed by atoms with Crippen LogP contribution in [0.15, 0.2) is 52.0 Å². The number of carbonyl (C=O) groups is 3. The number of carbonyl (C=O) groups excluding carboxylic acids is 3. The first-order valence-electron chi connectivity index (χ1n) is 11.1. The van der Waals surface area contributed by atoms with Gasteiger partial charge in [-0.1, -0.05) is 23.8 Å². The number of amides is 2. The second-order valence-corrected chi connectivity index (χ2v) is 9.41. The van der Waals surface area contributed by atoms with E-state index in [0.29, 0.717) is 33.9 Å². The molecule has 1 saturated heterocycles. The van der Waals surface area contributed by atoms with Crippen molar-refractivity contribution >= 4 is 35.6 Å². The molecular weight excluding hydrogens is 444 g/mol. The largest absolute Gasteiger partial charge is 0.462 e. The van der Waals surface area contributed by atoms with Crippen LogP contribution in [0.25, 0.3) is 11.3 Å². The predicted octanol–water partition coefficient (Wildman–Crippen LogP) is 4.16. The molecule has 0 radical (unpaired) electrons. The molecule has 0 N–H and O–H groups in total. The van der Waals surface area contributed by atoms with Crippen LogP contribution in [0.2, 0.25) is 5.02 Å². The second-order valence-electron chi connectivity index (χ2n) is 9.00. The Bertz CT molecular complexity index is 1210. The van der Waals surface area contributed by atoms with Crippen LogP contribution in [0.5, 0.6) is 0 Å². The highest BCUT2D eigenvalue weighted by atomic mass is 35.5. The van der Waals surface area contributed by atoms with E-state index in [4.69, 9.17) is 20.8 Å². The first-order chi connectivity index (χ1) is 16.0. The molecule has 6 unspecified atom stereocenters. The quantitative estimate of drug-likeness (QED) is 0.287. The van der Waals surface area contributed by atoms with Crippen LogP contribution < -0.4 is 0 Å². The molecule has 0 spiro atoms. The zero-order chi connectivity index (χ0) is 22.9. The summed E-state index contributed by atoms with van der Waals surface area (Å²) < 4.78 is 10.9. The van der Waals surface area contributed by atoms with E-state index in [1.807, 2.05) is 0 Å². The molecule has 1 aliphatic heterocycles. The molecular formula is C25H21ClN2O5. The molecule has 2 heterocycles. The molecule has 2 bridgehead atoms. The normalized spacial score (nSPS) is 31.3. The minimum absolute atomic E-state index is 0.162. The van der Waals surface area contributed by atoms with E-state index in [9.17, 15) is 14.4 Å². The third-order valence-electron chi connectivity index (χ3n) is 7.31. The number of hydrogen-bond donors (Lipinski definition) is 0. The van der Waals surface area contributed by atoms with Crippen molar-refractivity contribution in [2.45, 2.75) is 13.3 Å². The second kappa shape index (κ2) is 7.42. The summed E-state index contributed by atoms with van der Waals surface area (Å²) in [7, 11) is 0. The Labute approximate surface area is 195 Å². The van der Waals surface area contributed by atoms with Crippen molar-refractivity contribution in [3.05, 3.63) is 58.8 Å². The lowest BCUT2D eigenvalue weighted by Gasteiger charge is -2.37. The van der Waals surface area contributed by atoms with Crippen LogP contribution in [-0.2, 0) is 14.3 Å². The minimum atomic E-state index is -0.508. The van der Waals surface area contributed by atoms with E-state index in [1.165, 1.54) is 6.21 Å². The smallest absolute Gasteiger partial charge is 0.339 e. The average molecular weight is 465 g/mol. The molecule has 2 amide bonds. The molecule has 7 nitrogen and oxygen atoms in total. The number of rotatable bonds is 5. The molecule has 33 heavy (non-hydrogen) atoms. The van der Waals surface area contributed by atoms with Crippen molar-refractivity contribution in [3.8, 4) is 11.3 Å². The Balaban J connectivity index is 1.22. The zero-order valence-corrected chi connectivity index (χ0v) is 18.6. The maximum Gasteiger partial charge on any atom is 0.339 e. The molecule has 2 aromatic rings. The van der Waals surface area contributed by atoms with Crippen molar-refractivity contribution in [3.63, 3.8) is 0 Å². The summed E-state index contributed by atoms with van der Waals surface area (Å²) in [6.07, 6.45) is 6.77. The SMILES string of the molecule is CCOC(=O)c1cc(-c2ccc(/C=N/N3C(=O)C4C5C=CC(C6CC56)C4C3=O)o2)ccc1Cl. The van der Waals surface area contributed by atoms with Gasteiger partial charge in [0.15, 0.2) is 0 Å². The monoisotopic (exact) mass is 464 g/mol. The summed E-state index contributed by atoms with van der Waals surface area (Å²) in [5.41, 5.74) is 0.892. The third-order valence-corrected chi connectivity index (χ3v) is 7.64. The van der Waals surface area contributed by atoms with Gasteiger partial charge in [-0.15, -0.1) is 0 Å². The fourth-order valence-corrected chi connectivity index (χ4v) is 5.99. The summed E-state index contributed by atoms with van der Waals surface area (Å²) in [6.45, 7) is 1.97. The average Bonchev–Trinajstić information content (AvgIpc) is 3.45. The number of esters is 1. The van der Waals surface area contributed by atoms with Gasteiger partial charge in [-0.25, -0.2) is 4.79 Å². The van der Waals surface area contributed by atoms with E-state index in [-0.39, 0.29) is 47.7 Å². The molecule has 7 rings (SSSR count). The molecule has 5 aliphatic rings. The number of ether oxygens (including phenoxy) is 1. The number of hydrazone groups is 1. The van der Waals surface area contributed by atoms with Gasteiger partial charge in [0.05, 0.1) is 35.2 Å². The minimum Gasteiger partial charge on any atom is -0.462 e. The van der Waals surface area contributed by atoms with Crippen LogP contribution in [0.4, 0.5) is 0 Å². The van der Waals surface area contributed by atoms with Gasteiger partial charge in [0.1, 0.15) is 11.5 Å². The van der Waals surface area contributed by atoms with Crippen LogP contribution >= 0.6 is 11.6 Å². The molecule has 1 aromatic carbocycles. The van der Waals surface area contributed by atoms with E-state index in [2.05, 4.69) is 17.3 Å². The Morgan fingerprint density at radius 3 is 2.52 bits per heavy atom. The van der Waals surface area contributed by atoms with Gasteiger partial charge in [-0.05, 0) is 67.3 Å². The van der Waals surface area contributed by atoms with E-state index >= 15 is 0 Å². The fourth-order valence-electron chi connectivity index (χ4n) is 5.79. The van der Waals surface area contributed by atoms with Crippen LogP contribution in [0, 0.1) is 35.5 Å². The van der Waals surface area contributed by atoms with E-state index < -0.39 is 5.97 Å². The van der Waals surface area contributed by atoms with Crippen molar-refractivity contribution in [2.24, 2.45) is 40.6 Å². The topological polar surface area (TPSA) is 89.2 Å². The zero-order valence-electron chi connectivity index (χ0n) is 17.8. The molecule has 2 saturated carbocycles. The molecule has 8 heteroatoms. The molecule has 4 aliphatic carbocycles. The Hall–Kier alpha value is -3.19. The lowest BCUT2D eigenvalue weighted by Crippen LogP contribution is -2.40. The molecule has 3 fully saturated rings. The van der Waals surface area contributed by atoms with Crippen molar-refractivity contribution in [1.29, 1.82) is 0 Å². The van der Waals surface area contributed by atoms with Crippen molar-refractivity contribution < 1.29 is 23.5 Å². The van der Waals surface area contributed by atoms with Crippen LogP contribution in [0.3, 0.4) is 0 Å². The van der Waals surface area contributed by atoms with Crippen molar-refractivity contribution in [2.75, 3.05) is 6.61 Å². The number of halogens is 1. The van der Waals surface area contributed by atoms with E-state index in [1.54, 1.807) is 37.3 Å². The first-order valence-corrected chi connectivity index (χ1v) is 11.5. The summed E-state index contributed by atoms with van der Waals surface area (Å²) in [5.74, 6) is 0.806. The number of benzene rings is 1. The lowest BCUT2D eigenvalue weighted by atomic mass is 9.63. The highest BCUT2D eigenvalue weighted by Gasteiger charge is 2.67. The summed E-state index contributed by atoms with van der Waals surface area (Å²) in [4.78, 5) is 38.1. The van der Waals surface area contributed by atoms with Gasteiger partial charge in [0.25, 0.3) is 11.8 Å². The number of nitrogens with zero attached hydrogens (tertiary/aromatic N) is 2. The summed E-state index contributed by atoms with van der Waals surface area (Å²) in [6, 6.07) is 8.36. The van der Waals surface area contributed by atoms with Crippen LogP contribution in [-0.4, -0.2) is 35.6 Å². The highest BCUT2D eigenvalue weighted by molar-refractivity contribution is 6.33. The number of furan rings is 1. The number of hydrogen-bond acceptors (Lipinski definition) is 6. The van der Waals surface area contributed by atoms with Crippen molar-refractivity contribution in [1.82, 2.24) is 5.01 Å². The maximum absolute atomic E-state index is 13.0. The van der Waals surface area contributed by atoms with Gasteiger partial charge in [0.2, 0.25) is 0 Å². The summed E-state index contributed by atoms with van der Waals surface area (Å²) >= 11 is 6.13. The summed E-state index contributed by atoms with van der Waals surface area (Å²) in [5, 5.41) is 5.52. The van der Waals surface area contributed by atoms with Gasteiger partial charge in [-0.3, -0.25) is 9.59 Å². The standard InChI is InChI=1S/C25H21ClN2O5/c1-2-32-25(31)18-9-12(3-7-19(18)26)20-8-4-13(33-20)11-27-28-23(29)21-14-5-6-15(17-10-16(14)17)22(21)24(28)30/h3-9,11,14-17,21-22H,2,10H2,1H3/b27-11+. The lowest BCUT2D eigenvalue weighted by molar-refractivity contribution is -0.140. The van der Waals surface area contributed by atoms with Gasteiger partial charge < -0.3 is 9.15 Å². The molecule has 6 atom stereocenters. The maximum atomic E-state index is 13.0. The van der Waals surface area contributed by atoms with Gasteiger partial charge >= 0.3 is 5.97 Å². The Morgan fingerprint density at radius 2 is 1.85 bits per heavy atom. The van der Waals surface area contributed by atoms with E-state index in [0.717, 1.165) is 11.4 Å². The van der Waals surface area contributed by atoms with Gasteiger partial charge in [-0.2, -0.15) is 10.1 Å². The predicted molar refractivity (Wildman–Crippen MR) is 119 cm³/mol. The highest BCUT2D eigenvalue weighted by Crippen LogP contribution is 2.65. The third kappa shape index (κ3) is 3.09. The number of imide groups is 1. The van der Waals surface area contributed by atoms with Crippen LogP contribution in [0.1, 0.15) is 29.5 Å². The molecule has 168 valence electrons. The van der Waals surface area contributed by atoms with Gasteiger partial charge in [0, 0.05) is 5.56 Å². The fraction of sp³-hybridized carbons (Fsp3) is 0.360. The molecule has 1 aromatic heterocycles. The Morgan fingerprint density at radius 1 is 1.15 bits per heavy atom. The first kappa shape index (κ1) is 20.4. The number of allylic oxidation sites excluding steroid dienone is 2.